The summed E-state index contributed by atoms with van der Waals surface area (Å²) >= 11 is 5.13. The van der Waals surface area contributed by atoms with Crippen LogP contribution < -0.4 is 10.1 Å². The van der Waals surface area contributed by atoms with E-state index in [2.05, 4.69) is 32.3 Å². The third kappa shape index (κ3) is 4.49. The Bertz CT molecular complexity index is 1120. The van der Waals surface area contributed by atoms with Crippen LogP contribution in [0, 0.1) is 0 Å². The van der Waals surface area contributed by atoms with E-state index in [-0.39, 0.29) is 5.91 Å². The second-order valence-corrected chi connectivity index (χ2v) is 8.33. The molecule has 0 saturated carbocycles. The number of aromatic nitrogens is 1. The van der Waals surface area contributed by atoms with Crippen LogP contribution in [0.4, 0.5) is 0 Å². The number of carbonyl (C=O) groups excluding carboxylic acids is 1. The molecule has 29 heavy (non-hydrogen) atoms. The number of para-hydroxylation sites is 1. The number of fused-ring (bicyclic) bond motifs is 1. The number of halogens is 1. The van der Waals surface area contributed by atoms with Gasteiger partial charge in [0.2, 0.25) is 0 Å². The molecule has 0 atom stereocenters. The van der Waals surface area contributed by atoms with Crippen LogP contribution in [-0.4, -0.2) is 17.5 Å². The van der Waals surface area contributed by atoms with E-state index in [1.165, 1.54) is 4.70 Å². The zero-order valence-electron chi connectivity index (χ0n) is 15.8. The maximum atomic E-state index is 12.4. The number of carbonyl (C=O) groups is 1. The van der Waals surface area contributed by atoms with Crippen molar-refractivity contribution in [1.82, 2.24) is 10.3 Å². The first-order valence-corrected chi connectivity index (χ1v) is 10.9. The fourth-order valence-electron chi connectivity index (χ4n) is 2.96. The van der Waals surface area contributed by atoms with Gasteiger partial charge in [0.05, 0.1) is 21.3 Å². The van der Waals surface area contributed by atoms with Crippen LogP contribution in [0.3, 0.4) is 0 Å². The minimum atomic E-state index is -0.121. The highest BCUT2D eigenvalue weighted by atomic mass is 79.9. The molecule has 0 aliphatic heterocycles. The summed E-state index contributed by atoms with van der Waals surface area (Å²) in [5.74, 6) is 0.610. The highest BCUT2D eigenvalue weighted by molar-refractivity contribution is 9.10. The molecule has 0 aliphatic rings. The summed E-state index contributed by atoms with van der Waals surface area (Å²) in [7, 11) is 0. The summed E-state index contributed by atoms with van der Waals surface area (Å²) in [5, 5.41) is 3.96. The summed E-state index contributed by atoms with van der Waals surface area (Å²) in [6.07, 6.45) is 0. The third-order valence-electron chi connectivity index (χ3n) is 4.44. The molecule has 0 radical (unpaired) electrons. The molecule has 146 valence electrons. The number of amides is 1. The van der Waals surface area contributed by atoms with Gasteiger partial charge in [-0.15, -0.1) is 11.3 Å². The van der Waals surface area contributed by atoms with Crippen LogP contribution in [0.15, 0.2) is 71.2 Å². The van der Waals surface area contributed by atoms with Crippen molar-refractivity contribution < 1.29 is 9.53 Å². The Balaban J connectivity index is 1.41. The summed E-state index contributed by atoms with van der Waals surface area (Å²) < 4.78 is 7.44. The molecule has 0 saturated heterocycles. The predicted molar refractivity (Wildman–Crippen MR) is 122 cm³/mol. The van der Waals surface area contributed by atoms with E-state index in [0.29, 0.717) is 18.7 Å². The van der Waals surface area contributed by atoms with Gasteiger partial charge in [-0.25, -0.2) is 4.98 Å². The molecule has 4 nitrogen and oxygen atoms in total. The summed E-state index contributed by atoms with van der Waals surface area (Å²) in [4.78, 5) is 17.1. The van der Waals surface area contributed by atoms with Gasteiger partial charge in [-0.3, -0.25) is 4.79 Å². The van der Waals surface area contributed by atoms with Gasteiger partial charge < -0.3 is 10.1 Å². The molecule has 0 aliphatic carbocycles. The van der Waals surface area contributed by atoms with Crippen LogP contribution in [0.2, 0.25) is 0 Å². The largest absolute Gasteiger partial charge is 0.493 e. The minimum absolute atomic E-state index is 0.121. The average Bonchev–Trinajstić information content (AvgIpc) is 3.18. The molecule has 6 heteroatoms. The van der Waals surface area contributed by atoms with Crippen molar-refractivity contribution in [2.24, 2.45) is 0 Å². The lowest BCUT2D eigenvalue weighted by molar-refractivity contribution is 0.0951. The van der Waals surface area contributed by atoms with E-state index >= 15 is 0 Å². The van der Waals surface area contributed by atoms with Crippen molar-refractivity contribution in [3.05, 3.63) is 82.3 Å². The van der Waals surface area contributed by atoms with Crippen molar-refractivity contribution in [2.75, 3.05) is 6.61 Å². The van der Waals surface area contributed by atoms with Gasteiger partial charge in [0.15, 0.2) is 0 Å². The number of nitrogens with zero attached hydrogens (tertiary/aromatic N) is 1. The number of benzene rings is 3. The Kier molecular flexibility index (Phi) is 5.92. The SMILES string of the molecule is CCOc1ccc(C(=O)NCc2ccc(-c3nc4ccccc4s3)cc2)cc1Br. The van der Waals surface area contributed by atoms with Crippen molar-refractivity contribution in [3.8, 4) is 16.3 Å². The second-order valence-electron chi connectivity index (χ2n) is 6.44. The predicted octanol–water partition coefficient (Wildman–Crippen LogP) is 6.05. The van der Waals surface area contributed by atoms with E-state index in [1.807, 2.05) is 49.4 Å². The Labute approximate surface area is 181 Å². The zero-order chi connectivity index (χ0) is 20.2. The molecule has 4 aromatic rings. The van der Waals surface area contributed by atoms with E-state index in [0.717, 1.165) is 31.9 Å². The van der Waals surface area contributed by atoms with Crippen LogP contribution in [0.5, 0.6) is 5.75 Å². The molecule has 3 aromatic carbocycles. The van der Waals surface area contributed by atoms with Gasteiger partial charge in [-0.2, -0.15) is 0 Å². The number of hydrogen-bond donors (Lipinski definition) is 1. The molecule has 1 amide bonds. The lowest BCUT2D eigenvalue weighted by Gasteiger charge is -2.09. The molecule has 1 N–H and O–H groups in total. The molecule has 0 spiro atoms. The highest BCUT2D eigenvalue weighted by Crippen LogP contribution is 2.30. The maximum absolute atomic E-state index is 12.4. The summed E-state index contributed by atoms with van der Waals surface area (Å²) in [5.41, 5.74) is 3.72. The minimum Gasteiger partial charge on any atom is -0.493 e. The van der Waals surface area contributed by atoms with Crippen molar-refractivity contribution in [3.63, 3.8) is 0 Å². The van der Waals surface area contributed by atoms with Gasteiger partial charge in [0.25, 0.3) is 5.91 Å². The molecule has 1 heterocycles. The van der Waals surface area contributed by atoms with E-state index < -0.39 is 0 Å². The Morgan fingerprint density at radius 2 is 1.90 bits per heavy atom. The normalized spacial score (nSPS) is 10.8. The van der Waals surface area contributed by atoms with E-state index in [1.54, 1.807) is 29.5 Å². The van der Waals surface area contributed by atoms with Gasteiger partial charge in [-0.1, -0.05) is 36.4 Å². The topological polar surface area (TPSA) is 51.2 Å². The molecular weight excluding hydrogens is 448 g/mol. The monoisotopic (exact) mass is 466 g/mol. The fourth-order valence-corrected chi connectivity index (χ4v) is 4.42. The smallest absolute Gasteiger partial charge is 0.251 e. The first kappa shape index (κ1) is 19.6. The lowest BCUT2D eigenvalue weighted by Crippen LogP contribution is -2.22. The first-order chi connectivity index (χ1) is 14.1. The number of nitrogens with one attached hydrogen (secondary N) is 1. The Morgan fingerprint density at radius 1 is 1.10 bits per heavy atom. The first-order valence-electron chi connectivity index (χ1n) is 9.29. The Hall–Kier alpha value is -2.70. The third-order valence-corrected chi connectivity index (χ3v) is 6.15. The second kappa shape index (κ2) is 8.76. The number of rotatable bonds is 6. The number of thiazole rings is 1. The zero-order valence-corrected chi connectivity index (χ0v) is 18.2. The lowest BCUT2D eigenvalue weighted by atomic mass is 10.1. The molecule has 4 rings (SSSR count). The summed E-state index contributed by atoms with van der Waals surface area (Å²) in [6.45, 7) is 2.97. The van der Waals surface area contributed by atoms with Gasteiger partial charge >= 0.3 is 0 Å². The van der Waals surface area contributed by atoms with Crippen molar-refractivity contribution >= 4 is 43.4 Å². The number of ether oxygens (including phenoxy) is 1. The highest BCUT2D eigenvalue weighted by Gasteiger charge is 2.10. The van der Waals surface area contributed by atoms with Gasteiger partial charge in [-0.05, 0) is 58.7 Å². The summed E-state index contributed by atoms with van der Waals surface area (Å²) in [6, 6.07) is 21.6. The number of hydrogen-bond acceptors (Lipinski definition) is 4. The molecular formula is C23H19BrN2O2S. The van der Waals surface area contributed by atoms with Crippen LogP contribution in [-0.2, 0) is 6.54 Å². The Morgan fingerprint density at radius 3 is 2.62 bits per heavy atom. The molecule has 1 aromatic heterocycles. The standard InChI is InChI=1S/C23H19BrN2O2S/c1-2-28-20-12-11-17(13-18(20)24)22(27)25-14-15-7-9-16(10-8-15)23-26-19-5-3-4-6-21(19)29-23/h3-13H,2,14H2,1H3,(H,25,27). The van der Waals surface area contributed by atoms with Crippen molar-refractivity contribution in [1.29, 1.82) is 0 Å². The average molecular weight is 467 g/mol. The van der Waals surface area contributed by atoms with Gasteiger partial charge in [0.1, 0.15) is 10.8 Å². The van der Waals surface area contributed by atoms with Crippen LogP contribution in [0.25, 0.3) is 20.8 Å². The van der Waals surface area contributed by atoms with Crippen LogP contribution in [0.1, 0.15) is 22.8 Å². The van der Waals surface area contributed by atoms with Crippen molar-refractivity contribution in [2.45, 2.75) is 13.5 Å². The maximum Gasteiger partial charge on any atom is 0.251 e. The van der Waals surface area contributed by atoms with E-state index in [4.69, 9.17) is 4.74 Å². The molecule has 0 bridgehead atoms. The van der Waals surface area contributed by atoms with Crippen LogP contribution >= 0.6 is 27.3 Å². The molecule has 0 unspecified atom stereocenters. The molecule has 0 fully saturated rings. The van der Waals surface area contributed by atoms with E-state index in [9.17, 15) is 4.79 Å². The van der Waals surface area contributed by atoms with Gasteiger partial charge in [0, 0.05) is 17.7 Å². The fraction of sp³-hybridized carbons (Fsp3) is 0.130. The quantitative estimate of drug-likeness (QED) is 0.375.